The van der Waals surface area contributed by atoms with Crippen LogP contribution in [-0.2, 0) is 13.5 Å². The van der Waals surface area contributed by atoms with Gasteiger partial charge in [-0.3, -0.25) is 16.0 Å². The van der Waals surface area contributed by atoms with Crippen LogP contribution in [0, 0.1) is 6.92 Å². The molecule has 3 N–H and O–H groups in total. The highest BCUT2D eigenvalue weighted by molar-refractivity contribution is 7.99. The van der Waals surface area contributed by atoms with Gasteiger partial charge in [-0.2, -0.15) is 16.9 Å². The largest absolute Gasteiger partial charge is 0.271 e. The highest BCUT2D eigenvalue weighted by atomic mass is 35.5. The molecule has 1 rings (SSSR count). The van der Waals surface area contributed by atoms with E-state index in [9.17, 15) is 0 Å². The lowest BCUT2D eigenvalue weighted by Gasteiger charge is -2.17. The van der Waals surface area contributed by atoms with Gasteiger partial charge in [0, 0.05) is 29.7 Å². The van der Waals surface area contributed by atoms with Crippen LogP contribution in [0.4, 0.5) is 0 Å². The van der Waals surface area contributed by atoms with Gasteiger partial charge in [-0.1, -0.05) is 25.4 Å². The Labute approximate surface area is 119 Å². The number of aryl methyl sites for hydroxylation is 2. The smallest absolute Gasteiger partial charge is 0.130 e. The molecule has 2 unspecified atom stereocenters. The molecule has 1 aromatic heterocycles. The number of hydrogen-bond donors (Lipinski definition) is 2. The quantitative estimate of drug-likeness (QED) is 0.598. The lowest BCUT2D eigenvalue weighted by molar-refractivity contribution is 0.573. The summed E-state index contributed by atoms with van der Waals surface area (Å²) in [6, 6.07) is 0.226. The van der Waals surface area contributed by atoms with Crippen molar-refractivity contribution in [2.45, 2.75) is 44.9 Å². The van der Waals surface area contributed by atoms with Gasteiger partial charge in [0.25, 0.3) is 0 Å². The van der Waals surface area contributed by atoms with Gasteiger partial charge in [0.05, 0.1) is 5.69 Å². The van der Waals surface area contributed by atoms with E-state index in [1.165, 1.54) is 6.42 Å². The minimum Gasteiger partial charge on any atom is -0.271 e. The minimum absolute atomic E-state index is 0.226. The fourth-order valence-corrected chi connectivity index (χ4v) is 2.98. The third kappa shape index (κ3) is 4.16. The molecule has 1 heterocycles. The first-order chi connectivity index (χ1) is 8.49. The SMILES string of the molecule is CCC(C)SCC(Cc1c(C)nn(C)c1Cl)NN. The zero-order chi connectivity index (χ0) is 13.7. The lowest BCUT2D eigenvalue weighted by Crippen LogP contribution is -2.39. The molecule has 2 atom stereocenters. The van der Waals surface area contributed by atoms with E-state index in [0.717, 1.165) is 23.4 Å². The number of rotatable bonds is 7. The molecule has 0 aliphatic heterocycles. The summed E-state index contributed by atoms with van der Waals surface area (Å²) in [6.07, 6.45) is 1.99. The Bertz CT molecular complexity index is 380. The molecule has 0 saturated heterocycles. The van der Waals surface area contributed by atoms with Crippen LogP contribution in [0.15, 0.2) is 0 Å². The summed E-state index contributed by atoms with van der Waals surface area (Å²) in [6.45, 7) is 6.42. The normalized spacial score (nSPS) is 14.8. The van der Waals surface area contributed by atoms with Crippen molar-refractivity contribution in [3.05, 3.63) is 16.4 Å². The van der Waals surface area contributed by atoms with Crippen LogP contribution in [0.3, 0.4) is 0 Å². The van der Waals surface area contributed by atoms with E-state index in [1.54, 1.807) is 4.68 Å². The van der Waals surface area contributed by atoms with Crippen LogP contribution >= 0.6 is 23.4 Å². The Hall–Kier alpha value is -0.230. The summed E-state index contributed by atoms with van der Waals surface area (Å²) < 4.78 is 1.71. The zero-order valence-electron chi connectivity index (χ0n) is 11.5. The van der Waals surface area contributed by atoms with Crippen molar-refractivity contribution in [1.29, 1.82) is 0 Å². The Morgan fingerprint density at radius 3 is 2.67 bits per heavy atom. The first-order valence-corrected chi connectivity index (χ1v) is 7.67. The summed E-state index contributed by atoms with van der Waals surface area (Å²) >= 11 is 8.16. The first-order valence-electron chi connectivity index (χ1n) is 6.25. The van der Waals surface area contributed by atoms with Gasteiger partial charge >= 0.3 is 0 Å². The maximum Gasteiger partial charge on any atom is 0.130 e. The van der Waals surface area contributed by atoms with Gasteiger partial charge < -0.3 is 0 Å². The maximum absolute atomic E-state index is 6.23. The highest BCUT2D eigenvalue weighted by Crippen LogP contribution is 2.22. The van der Waals surface area contributed by atoms with Crippen molar-refractivity contribution in [3.8, 4) is 0 Å². The van der Waals surface area contributed by atoms with Crippen LogP contribution < -0.4 is 11.3 Å². The number of nitrogens with two attached hydrogens (primary N) is 1. The predicted octanol–water partition coefficient (Wildman–Crippen LogP) is 2.29. The topological polar surface area (TPSA) is 55.9 Å². The van der Waals surface area contributed by atoms with Gasteiger partial charge in [0.1, 0.15) is 5.15 Å². The van der Waals surface area contributed by atoms with E-state index in [4.69, 9.17) is 17.4 Å². The molecule has 0 fully saturated rings. The van der Waals surface area contributed by atoms with Gasteiger partial charge in [-0.05, 0) is 19.8 Å². The Morgan fingerprint density at radius 1 is 1.56 bits per heavy atom. The van der Waals surface area contributed by atoms with E-state index in [1.807, 2.05) is 25.7 Å². The van der Waals surface area contributed by atoms with Crippen molar-refractivity contribution < 1.29 is 0 Å². The Balaban J connectivity index is 2.62. The third-order valence-electron chi connectivity index (χ3n) is 3.11. The maximum atomic E-state index is 6.23. The fraction of sp³-hybridized carbons (Fsp3) is 0.750. The first kappa shape index (κ1) is 15.8. The molecule has 104 valence electrons. The summed E-state index contributed by atoms with van der Waals surface area (Å²) in [5.74, 6) is 6.60. The Kier molecular flexibility index (Phi) is 6.49. The molecule has 0 amide bonds. The number of hydrazine groups is 1. The standard InChI is InChI=1S/C12H23ClN4S/c1-5-8(2)18-7-10(15-14)6-11-9(3)16-17(4)12(11)13/h8,10,15H,5-7,14H2,1-4H3. The second kappa shape index (κ2) is 7.38. The van der Waals surface area contributed by atoms with Crippen molar-refractivity contribution in [3.63, 3.8) is 0 Å². The summed E-state index contributed by atoms with van der Waals surface area (Å²) in [7, 11) is 1.86. The van der Waals surface area contributed by atoms with Gasteiger partial charge in [-0.15, -0.1) is 0 Å². The number of nitrogens with zero attached hydrogens (tertiary/aromatic N) is 2. The second-order valence-electron chi connectivity index (χ2n) is 4.60. The summed E-state index contributed by atoms with van der Waals surface area (Å²) in [4.78, 5) is 0. The predicted molar refractivity (Wildman–Crippen MR) is 80.0 cm³/mol. The van der Waals surface area contributed by atoms with Gasteiger partial charge in [0.15, 0.2) is 0 Å². The molecule has 0 spiro atoms. The van der Waals surface area contributed by atoms with Crippen LogP contribution in [0.1, 0.15) is 31.5 Å². The second-order valence-corrected chi connectivity index (χ2v) is 6.43. The number of hydrogen-bond acceptors (Lipinski definition) is 4. The van der Waals surface area contributed by atoms with Gasteiger partial charge in [-0.25, -0.2) is 0 Å². The number of nitrogens with one attached hydrogen (secondary N) is 1. The molecule has 0 radical (unpaired) electrons. The van der Waals surface area contributed by atoms with Gasteiger partial charge in [0.2, 0.25) is 0 Å². The molecule has 0 bridgehead atoms. The van der Waals surface area contributed by atoms with E-state index >= 15 is 0 Å². The van der Waals surface area contributed by atoms with E-state index in [0.29, 0.717) is 10.4 Å². The van der Waals surface area contributed by atoms with Crippen molar-refractivity contribution >= 4 is 23.4 Å². The number of halogens is 1. The fourth-order valence-electron chi connectivity index (χ4n) is 1.72. The molecule has 0 aliphatic rings. The molecule has 6 heteroatoms. The van der Waals surface area contributed by atoms with E-state index < -0.39 is 0 Å². The number of aromatic nitrogens is 2. The van der Waals surface area contributed by atoms with Crippen LogP contribution in [0.2, 0.25) is 5.15 Å². The minimum atomic E-state index is 0.226. The van der Waals surface area contributed by atoms with Crippen molar-refractivity contribution in [1.82, 2.24) is 15.2 Å². The lowest BCUT2D eigenvalue weighted by atomic mass is 10.1. The van der Waals surface area contributed by atoms with Crippen LogP contribution in [-0.4, -0.2) is 26.8 Å². The highest BCUT2D eigenvalue weighted by Gasteiger charge is 2.17. The van der Waals surface area contributed by atoms with E-state index in [-0.39, 0.29) is 6.04 Å². The molecule has 0 saturated carbocycles. The summed E-state index contributed by atoms with van der Waals surface area (Å²) in [5, 5.41) is 5.69. The van der Waals surface area contributed by atoms with Crippen molar-refractivity contribution in [2.75, 3.05) is 5.75 Å². The Morgan fingerprint density at radius 2 is 2.22 bits per heavy atom. The molecule has 0 aromatic carbocycles. The average molecular weight is 291 g/mol. The molecular formula is C12H23ClN4S. The van der Waals surface area contributed by atoms with Crippen LogP contribution in [0.5, 0.6) is 0 Å². The summed E-state index contributed by atoms with van der Waals surface area (Å²) in [5.41, 5.74) is 4.95. The zero-order valence-corrected chi connectivity index (χ0v) is 13.1. The number of thioether (sulfide) groups is 1. The molecular weight excluding hydrogens is 268 g/mol. The molecule has 0 aliphatic carbocycles. The monoisotopic (exact) mass is 290 g/mol. The average Bonchev–Trinajstić information content (AvgIpc) is 2.59. The van der Waals surface area contributed by atoms with Crippen LogP contribution in [0.25, 0.3) is 0 Å². The van der Waals surface area contributed by atoms with Crippen molar-refractivity contribution in [2.24, 2.45) is 12.9 Å². The molecule has 4 nitrogen and oxygen atoms in total. The van der Waals surface area contributed by atoms with E-state index in [2.05, 4.69) is 24.4 Å². The molecule has 1 aromatic rings. The molecule has 18 heavy (non-hydrogen) atoms. The third-order valence-corrected chi connectivity index (χ3v) is 5.08.